The molecule has 0 unspecified atom stereocenters. The minimum atomic E-state index is -0.0129. The van der Waals surface area contributed by atoms with Crippen molar-refractivity contribution in [3.63, 3.8) is 0 Å². The fourth-order valence-electron chi connectivity index (χ4n) is 9.36. The highest BCUT2D eigenvalue weighted by Gasteiger charge is 2.37. The van der Waals surface area contributed by atoms with E-state index in [0.29, 0.717) is 17.8 Å². The number of nitrogens with zero attached hydrogens (tertiary/aromatic N) is 4. The minimum absolute atomic E-state index is 0.00231. The number of pyridine rings is 1. The molecule has 0 bridgehead atoms. The van der Waals surface area contributed by atoms with Crippen molar-refractivity contribution in [3.8, 4) is 17.3 Å². The summed E-state index contributed by atoms with van der Waals surface area (Å²) in [6.07, 6.45) is 1.94. The largest absolute Gasteiger partial charge is 0.457 e. The molecule has 3 heterocycles. The van der Waals surface area contributed by atoms with E-state index in [0.717, 1.165) is 51.9 Å². The van der Waals surface area contributed by atoms with Crippen LogP contribution in [0.4, 0.5) is 5.69 Å². The van der Waals surface area contributed by atoms with Crippen LogP contribution in [0.1, 0.15) is 144 Å². The van der Waals surface area contributed by atoms with E-state index in [4.69, 9.17) is 14.7 Å². The molecule has 0 spiro atoms. The molecule has 0 radical (unpaired) electrons. The summed E-state index contributed by atoms with van der Waals surface area (Å²) in [5.74, 6) is 4.98. The van der Waals surface area contributed by atoms with E-state index in [1.54, 1.807) is 0 Å². The standard InChI is InChI=1S/C56H72N4O/c1-34(2)51(35(3)4)47-33-59(42-28-40(55(12,13)14)27-41(29-42)56(15,16)17)52(58-47)37-24-36(5)25-44(26-37)61-43-19-20-45-46-30-38(53(6,7)8)18-21-48(46)60(49(45)32-43)50-31-39(22-23-57-50)54(9,10)11/h18-32,34-35,47,51H,33H2,1-17H3/t47-/m0/s1. The van der Waals surface area contributed by atoms with Gasteiger partial charge in [0.2, 0.25) is 0 Å². The first-order valence-corrected chi connectivity index (χ1v) is 22.7. The number of amidine groups is 1. The summed E-state index contributed by atoms with van der Waals surface area (Å²) >= 11 is 0. The van der Waals surface area contributed by atoms with Crippen LogP contribution < -0.4 is 9.64 Å². The molecule has 5 heteroatoms. The lowest BCUT2D eigenvalue weighted by Crippen LogP contribution is -2.35. The zero-order valence-electron chi connectivity index (χ0n) is 40.4. The van der Waals surface area contributed by atoms with Crippen molar-refractivity contribution < 1.29 is 4.74 Å². The number of aryl methyl sites for hydroxylation is 1. The van der Waals surface area contributed by atoms with Crippen molar-refractivity contribution in [2.24, 2.45) is 22.7 Å². The van der Waals surface area contributed by atoms with Crippen molar-refractivity contribution in [2.45, 2.75) is 145 Å². The van der Waals surface area contributed by atoms with E-state index in [1.165, 1.54) is 38.7 Å². The lowest BCUT2D eigenvalue weighted by Gasteiger charge is -2.31. The van der Waals surface area contributed by atoms with Crippen LogP contribution in [0.2, 0.25) is 0 Å². The predicted octanol–water partition coefficient (Wildman–Crippen LogP) is 15.0. The maximum Gasteiger partial charge on any atom is 0.137 e. The molecule has 4 aromatic carbocycles. The maximum atomic E-state index is 6.92. The molecule has 2 aromatic heterocycles. The molecular weight excluding hydrogens is 745 g/mol. The van der Waals surface area contributed by atoms with E-state index in [1.807, 2.05) is 6.20 Å². The van der Waals surface area contributed by atoms with Gasteiger partial charge in [-0.15, -0.1) is 0 Å². The third kappa shape index (κ3) is 9.04. The quantitative estimate of drug-likeness (QED) is 0.154. The zero-order chi connectivity index (χ0) is 44.6. The molecule has 7 rings (SSSR count). The van der Waals surface area contributed by atoms with Crippen LogP contribution in [0.15, 0.2) is 96.1 Å². The Bertz CT molecular complexity index is 2570. The first-order valence-electron chi connectivity index (χ1n) is 22.7. The predicted molar refractivity (Wildman–Crippen MR) is 262 cm³/mol. The summed E-state index contributed by atoms with van der Waals surface area (Å²) in [4.78, 5) is 13.1. The van der Waals surface area contributed by atoms with Crippen molar-refractivity contribution in [3.05, 3.63) is 125 Å². The molecule has 0 saturated heterocycles. The fraction of sp³-hybridized carbons (Fsp3) is 0.464. The van der Waals surface area contributed by atoms with Crippen LogP contribution in [0.5, 0.6) is 11.5 Å². The first-order chi connectivity index (χ1) is 28.3. The molecule has 1 aliphatic heterocycles. The molecule has 0 fully saturated rings. The zero-order valence-corrected chi connectivity index (χ0v) is 40.4. The van der Waals surface area contributed by atoms with E-state index in [-0.39, 0.29) is 27.7 Å². The Morgan fingerprint density at radius 2 is 1.18 bits per heavy atom. The molecule has 1 atom stereocenters. The second-order valence-electron chi connectivity index (χ2n) is 22.8. The molecular formula is C56H72N4O. The van der Waals surface area contributed by atoms with Gasteiger partial charge in [-0.05, 0) is 141 Å². The number of fused-ring (bicyclic) bond motifs is 3. The van der Waals surface area contributed by atoms with Gasteiger partial charge in [-0.1, -0.05) is 123 Å². The highest BCUT2D eigenvalue weighted by molar-refractivity contribution is 6.12. The number of aromatic nitrogens is 2. The van der Waals surface area contributed by atoms with Gasteiger partial charge in [-0.2, -0.15) is 0 Å². The van der Waals surface area contributed by atoms with E-state index >= 15 is 0 Å². The van der Waals surface area contributed by atoms with Crippen molar-refractivity contribution in [1.29, 1.82) is 0 Å². The molecule has 1 aliphatic rings. The number of hydrogen-bond donors (Lipinski definition) is 0. The Morgan fingerprint density at radius 3 is 1.77 bits per heavy atom. The van der Waals surface area contributed by atoms with Gasteiger partial charge in [0, 0.05) is 40.8 Å². The topological polar surface area (TPSA) is 42.6 Å². The van der Waals surface area contributed by atoms with Gasteiger partial charge in [0.1, 0.15) is 23.2 Å². The molecule has 0 amide bonds. The summed E-state index contributed by atoms with van der Waals surface area (Å²) in [5.41, 5.74) is 10.9. The maximum absolute atomic E-state index is 6.92. The van der Waals surface area contributed by atoms with Crippen LogP contribution in [0, 0.1) is 24.7 Å². The Labute approximate surface area is 367 Å². The normalized spacial score (nSPS) is 15.6. The summed E-state index contributed by atoms with van der Waals surface area (Å²) in [6, 6.07) is 31.8. The number of benzene rings is 4. The van der Waals surface area contributed by atoms with Gasteiger partial charge in [-0.3, -0.25) is 9.56 Å². The summed E-state index contributed by atoms with van der Waals surface area (Å²) in [7, 11) is 0. The molecule has 0 saturated carbocycles. The minimum Gasteiger partial charge on any atom is -0.457 e. The first kappa shape index (κ1) is 44.2. The van der Waals surface area contributed by atoms with Crippen LogP contribution in [0.25, 0.3) is 27.6 Å². The lowest BCUT2D eigenvalue weighted by molar-refractivity contribution is 0.247. The molecule has 61 heavy (non-hydrogen) atoms. The van der Waals surface area contributed by atoms with Gasteiger partial charge >= 0.3 is 0 Å². The van der Waals surface area contributed by atoms with Crippen molar-refractivity contribution in [2.75, 3.05) is 11.4 Å². The molecule has 0 N–H and O–H groups in total. The average molecular weight is 817 g/mol. The molecule has 5 nitrogen and oxygen atoms in total. The number of ether oxygens (including phenoxy) is 1. The Hall–Kier alpha value is -4.90. The molecule has 0 aliphatic carbocycles. The summed E-state index contributed by atoms with van der Waals surface area (Å²) in [5, 5.41) is 2.40. The van der Waals surface area contributed by atoms with Crippen molar-refractivity contribution in [1.82, 2.24) is 9.55 Å². The number of hydrogen-bond acceptors (Lipinski definition) is 4. The molecule has 322 valence electrons. The Balaban J connectivity index is 1.36. The highest BCUT2D eigenvalue weighted by atomic mass is 16.5. The second-order valence-corrected chi connectivity index (χ2v) is 22.8. The van der Waals surface area contributed by atoms with Crippen molar-refractivity contribution >= 4 is 33.3 Å². The number of rotatable bonds is 8. The van der Waals surface area contributed by atoms with Gasteiger partial charge in [-0.25, -0.2) is 4.98 Å². The average Bonchev–Trinajstić information content (AvgIpc) is 3.72. The Kier molecular flexibility index (Phi) is 11.4. The molecule has 6 aromatic rings. The highest BCUT2D eigenvalue weighted by Crippen LogP contribution is 2.41. The van der Waals surface area contributed by atoms with Gasteiger partial charge in [0.25, 0.3) is 0 Å². The monoisotopic (exact) mass is 817 g/mol. The van der Waals surface area contributed by atoms with E-state index in [2.05, 4.69) is 212 Å². The fourth-order valence-corrected chi connectivity index (χ4v) is 9.36. The number of anilines is 1. The smallest absolute Gasteiger partial charge is 0.137 e. The third-order valence-corrected chi connectivity index (χ3v) is 12.8. The number of aliphatic imine (C=N–C) groups is 1. The summed E-state index contributed by atoms with van der Waals surface area (Å²) < 4.78 is 9.23. The van der Waals surface area contributed by atoms with E-state index in [9.17, 15) is 0 Å². The third-order valence-electron chi connectivity index (χ3n) is 12.8. The van der Waals surface area contributed by atoms with Gasteiger partial charge < -0.3 is 9.64 Å². The van der Waals surface area contributed by atoms with Crippen LogP contribution >= 0.6 is 0 Å². The second kappa shape index (κ2) is 15.8. The van der Waals surface area contributed by atoms with Crippen LogP contribution in [-0.4, -0.2) is 28.0 Å². The Morgan fingerprint density at radius 1 is 0.574 bits per heavy atom. The van der Waals surface area contributed by atoms with E-state index < -0.39 is 0 Å². The van der Waals surface area contributed by atoms with Crippen LogP contribution in [0.3, 0.4) is 0 Å². The lowest BCUT2D eigenvalue weighted by atomic mass is 9.79. The SMILES string of the molecule is Cc1cc(Oc2ccc3c4cc(C(C)(C)C)ccc4n(-c4cc(C(C)(C)C)ccn4)c3c2)cc(C2=N[C@H](C(C(C)C)C(C)C)CN2c2cc(C(C)(C)C)cc(C(C)(C)C)c2)c1. The summed E-state index contributed by atoms with van der Waals surface area (Å²) in [6.45, 7) is 39.9. The van der Waals surface area contributed by atoms with Gasteiger partial charge in [0.15, 0.2) is 0 Å². The van der Waals surface area contributed by atoms with Gasteiger partial charge in [0.05, 0.1) is 17.1 Å². The van der Waals surface area contributed by atoms with Crippen LogP contribution in [-0.2, 0) is 21.7 Å².